The first-order valence-electron chi connectivity index (χ1n) is 10.8. The SMILES string of the molecule is CCCN(CC)CCNC(=NC)N1CCN(C(C)C(=O)N2CCCC2)CC1.I. The first-order valence-corrected chi connectivity index (χ1v) is 10.8. The molecule has 0 bridgehead atoms. The molecule has 0 aromatic heterocycles. The quantitative estimate of drug-likeness (QED) is 0.306. The largest absolute Gasteiger partial charge is 0.355 e. The molecule has 164 valence electrons. The molecule has 1 atom stereocenters. The summed E-state index contributed by atoms with van der Waals surface area (Å²) in [7, 11) is 1.86. The van der Waals surface area contributed by atoms with Crippen LogP contribution in [0.3, 0.4) is 0 Å². The van der Waals surface area contributed by atoms with Crippen LogP contribution >= 0.6 is 24.0 Å². The smallest absolute Gasteiger partial charge is 0.239 e. The molecular formula is C20H41IN6O. The highest BCUT2D eigenvalue weighted by Crippen LogP contribution is 2.14. The maximum atomic E-state index is 12.6. The molecule has 0 aliphatic carbocycles. The summed E-state index contributed by atoms with van der Waals surface area (Å²) in [5.41, 5.74) is 0. The number of carbonyl (C=O) groups excluding carboxylic acids is 1. The maximum Gasteiger partial charge on any atom is 0.239 e. The number of hydrogen-bond acceptors (Lipinski definition) is 4. The molecule has 0 saturated carbocycles. The van der Waals surface area contributed by atoms with Gasteiger partial charge < -0.3 is 20.0 Å². The third kappa shape index (κ3) is 7.33. The minimum Gasteiger partial charge on any atom is -0.355 e. The van der Waals surface area contributed by atoms with Crippen LogP contribution in [0.5, 0.6) is 0 Å². The summed E-state index contributed by atoms with van der Waals surface area (Å²) in [5, 5.41) is 3.51. The van der Waals surface area contributed by atoms with Crippen molar-refractivity contribution in [1.82, 2.24) is 24.9 Å². The lowest BCUT2D eigenvalue weighted by Gasteiger charge is -2.39. The van der Waals surface area contributed by atoms with Gasteiger partial charge in [0.2, 0.25) is 5.91 Å². The summed E-state index contributed by atoms with van der Waals surface area (Å²) in [4.78, 5) is 26.2. The average molecular weight is 508 g/mol. The molecule has 2 fully saturated rings. The predicted molar refractivity (Wildman–Crippen MR) is 128 cm³/mol. The van der Waals surface area contributed by atoms with Gasteiger partial charge in [-0.1, -0.05) is 13.8 Å². The second-order valence-electron chi connectivity index (χ2n) is 7.64. The fraction of sp³-hybridized carbons (Fsp3) is 0.900. The number of piperazine rings is 1. The fourth-order valence-electron chi connectivity index (χ4n) is 4.08. The molecule has 0 radical (unpaired) electrons. The molecule has 1 N–H and O–H groups in total. The van der Waals surface area contributed by atoms with Crippen LogP contribution < -0.4 is 5.32 Å². The monoisotopic (exact) mass is 508 g/mol. The van der Waals surface area contributed by atoms with Crippen molar-refractivity contribution >= 4 is 35.8 Å². The third-order valence-electron chi connectivity index (χ3n) is 5.85. The Labute approximate surface area is 188 Å². The molecule has 2 rings (SSSR count). The van der Waals surface area contributed by atoms with Crippen LogP contribution in [0.25, 0.3) is 0 Å². The van der Waals surface area contributed by atoms with Crippen molar-refractivity contribution in [1.29, 1.82) is 0 Å². The number of likely N-dealkylation sites (tertiary alicyclic amines) is 1. The van der Waals surface area contributed by atoms with Gasteiger partial charge in [0.1, 0.15) is 0 Å². The van der Waals surface area contributed by atoms with Crippen LogP contribution in [0.15, 0.2) is 4.99 Å². The Morgan fingerprint density at radius 2 is 1.68 bits per heavy atom. The van der Waals surface area contributed by atoms with Crippen molar-refractivity contribution in [3.05, 3.63) is 0 Å². The van der Waals surface area contributed by atoms with Crippen molar-refractivity contribution in [2.75, 3.05) is 72.5 Å². The highest BCUT2D eigenvalue weighted by Gasteiger charge is 2.30. The Hall–Kier alpha value is -0.610. The lowest BCUT2D eigenvalue weighted by atomic mass is 10.2. The van der Waals surface area contributed by atoms with Crippen molar-refractivity contribution < 1.29 is 4.79 Å². The zero-order chi connectivity index (χ0) is 19.6. The van der Waals surface area contributed by atoms with Gasteiger partial charge in [0.05, 0.1) is 6.04 Å². The molecule has 1 unspecified atom stereocenters. The molecule has 2 heterocycles. The number of hydrogen-bond donors (Lipinski definition) is 1. The van der Waals surface area contributed by atoms with E-state index in [0.717, 1.165) is 84.2 Å². The number of guanidine groups is 1. The standard InChI is InChI=1S/C20H40N6O.HI/c1-5-10-23(6-2)13-9-22-20(21-4)26-16-14-24(15-17-26)18(3)19(27)25-11-7-8-12-25;/h18H,5-17H2,1-4H3,(H,21,22);1H. The lowest BCUT2D eigenvalue weighted by molar-refractivity contribution is -0.135. The van der Waals surface area contributed by atoms with E-state index < -0.39 is 0 Å². The highest BCUT2D eigenvalue weighted by atomic mass is 127. The zero-order valence-corrected chi connectivity index (χ0v) is 20.7. The van der Waals surface area contributed by atoms with Crippen LogP contribution in [-0.4, -0.2) is 110 Å². The van der Waals surface area contributed by atoms with E-state index in [1.54, 1.807) is 0 Å². The average Bonchev–Trinajstić information content (AvgIpc) is 3.24. The van der Waals surface area contributed by atoms with Gasteiger partial charge in [-0.3, -0.25) is 14.7 Å². The van der Waals surface area contributed by atoms with Gasteiger partial charge in [0.15, 0.2) is 5.96 Å². The Morgan fingerprint density at radius 3 is 2.21 bits per heavy atom. The number of nitrogens with one attached hydrogen (secondary N) is 1. The van der Waals surface area contributed by atoms with Gasteiger partial charge in [-0.05, 0) is 39.3 Å². The predicted octanol–water partition coefficient (Wildman–Crippen LogP) is 1.54. The molecule has 28 heavy (non-hydrogen) atoms. The van der Waals surface area contributed by atoms with Crippen molar-refractivity contribution in [3.8, 4) is 0 Å². The molecule has 0 spiro atoms. The fourth-order valence-corrected chi connectivity index (χ4v) is 4.08. The summed E-state index contributed by atoms with van der Waals surface area (Å²) in [6, 6.07) is -0.00705. The van der Waals surface area contributed by atoms with E-state index in [9.17, 15) is 4.79 Å². The van der Waals surface area contributed by atoms with Crippen LogP contribution in [-0.2, 0) is 4.79 Å². The number of nitrogens with zero attached hydrogens (tertiary/aromatic N) is 5. The van der Waals surface area contributed by atoms with Gasteiger partial charge in [-0.2, -0.15) is 0 Å². The number of aliphatic imine (C=N–C) groups is 1. The lowest BCUT2D eigenvalue weighted by Crippen LogP contribution is -2.57. The Morgan fingerprint density at radius 1 is 1.04 bits per heavy atom. The second-order valence-corrected chi connectivity index (χ2v) is 7.64. The van der Waals surface area contributed by atoms with E-state index in [2.05, 4.69) is 45.8 Å². The van der Waals surface area contributed by atoms with Gasteiger partial charge in [-0.25, -0.2) is 0 Å². The van der Waals surface area contributed by atoms with Gasteiger partial charge >= 0.3 is 0 Å². The van der Waals surface area contributed by atoms with E-state index in [4.69, 9.17) is 0 Å². The highest BCUT2D eigenvalue weighted by molar-refractivity contribution is 14.0. The van der Waals surface area contributed by atoms with Crippen molar-refractivity contribution in [3.63, 3.8) is 0 Å². The Kier molecular flexibility index (Phi) is 12.3. The topological polar surface area (TPSA) is 54.4 Å². The third-order valence-corrected chi connectivity index (χ3v) is 5.85. The second kappa shape index (κ2) is 13.6. The number of rotatable bonds is 8. The van der Waals surface area contributed by atoms with Crippen LogP contribution in [0.1, 0.15) is 40.0 Å². The number of likely N-dealkylation sites (N-methyl/N-ethyl adjacent to an activating group) is 1. The van der Waals surface area contributed by atoms with Crippen molar-refractivity contribution in [2.24, 2.45) is 4.99 Å². The minimum atomic E-state index is -0.00705. The van der Waals surface area contributed by atoms with Gasteiger partial charge in [-0.15, -0.1) is 24.0 Å². The molecule has 8 heteroatoms. The Balaban J connectivity index is 0.00000392. The number of carbonyl (C=O) groups is 1. The summed E-state index contributed by atoms with van der Waals surface area (Å²) in [5.74, 6) is 1.29. The van der Waals surface area contributed by atoms with E-state index in [1.165, 1.54) is 6.42 Å². The van der Waals surface area contributed by atoms with Crippen LogP contribution in [0.2, 0.25) is 0 Å². The summed E-state index contributed by atoms with van der Waals surface area (Å²) in [6.07, 6.45) is 3.50. The van der Waals surface area contributed by atoms with Gasteiger partial charge in [0.25, 0.3) is 0 Å². The van der Waals surface area contributed by atoms with E-state index >= 15 is 0 Å². The summed E-state index contributed by atoms with van der Waals surface area (Å²) < 4.78 is 0. The van der Waals surface area contributed by atoms with E-state index in [-0.39, 0.29) is 30.0 Å². The first kappa shape index (κ1) is 25.4. The van der Waals surface area contributed by atoms with Crippen molar-refractivity contribution in [2.45, 2.75) is 46.1 Å². The first-order chi connectivity index (χ1) is 13.1. The number of halogens is 1. The molecular weight excluding hydrogens is 467 g/mol. The van der Waals surface area contributed by atoms with Gasteiger partial charge in [0, 0.05) is 59.4 Å². The summed E-state index contributed by atoms with van der Waals surface area (Å²) >= 11 is 0. The molecule has 1 amide bonds. The maximum absolute atomic E-state index is 12.6. The molecule has 2 saturated heterocycles. The number of amides is 1. The van der Waals surface area contributed by atoms with E-state index in [1.807, 2.05) is 11.9 Å². The van der Waals surface area contributed by atoms with Crippen LogP contribution in [0, 0.1) is 0 Å². The molecule has 7 nitrogen and oxygen atoms in total. The molecule has 0 aromatic carbocycles. The molecule has 2 aliphatic heterocycles. The molecule has 0 aromatic rings. The molecule has 2 aliphatic rings. The van der Waals surface area contributed by atoms with E-state index in [0.29, 0.717) is 5.91 Å². The minimum absolute atomic E-state index is 0. The van der Waals surface area contributed by atoms with Crippen LogP contribution in [0.4, 0.5) is 0 Å². The Bertz CT molecular complexity index is 475. The summed E-state index contributed by atoms with van der Waals surface area (Å²) in [6.45, 7) is 16.3. The zero-order valence-electron chi connectivity index (χ0n) is 18.3. The normalized spacial score (nSPS) is 19.7.